The van der Waals surface area contributed by atoms with Gasteiger partial charge in [-0.05, 0) is 19.4 Å². The molecule has 1 aliphatic carbocycles. The van der Waals surface area contributed by atoms with Crippen molar-refractivity contribution in [3.63, 3.8) is 0 Å². The molecule has 0 radical (unpaired) electrons. The average molecular weight is 180 g/mol. The van der Waals surface area contributed by atoms with E-state index in [0.29, 0.717) is 12.2 Å². The van der Waals surface area contributed by atoms with Crippen molar-refractivity contribution in [3.05, 3.63) is 23.2 Å². The van der Waals surface area contributed by atoms with Gasteiger partial charge in [-0.1, -0.05) is 0 Å². The van der Waals surface area contributed by atoms with Gasteiger partial charge in [-0.3, -0.25) is 4.79 Å². The van der Waals surface area contributed by atoms with Crippen LogP contribution >= 0.6 is 0 Å². The van der Waals surface area contributed by atoms with Crippen LogP contribution in [0.3, 0.4) is 0 Å². The number of ketones is 1. The summed E-state index contributed by atoms with van der Waals surface area (Å²) in [5, 5.41) is 9.08. The highest BCUT2D eigenvalue weighted by Gasteiger charge is 2.28. The van der Waals surface area contributed by atoms with E-state index in [-0.39, 0.29) is 18.3 Å². The zero-order chi connectivity index (χ0) is 9.42. The second-order valence-corrected chi connectivity index (χ2v) is 3.48. The number of rotatable bonds is 1. The smallest absolute Gasteiger partial charge is 0.198 e. The Balaban J connectivity index is 2.47. The van der Waals surface area contributed by atoms with Crippen LogP contribution in [0.2, 0.25) is 0 Å². The van der Waals surface area contributed by atoms with Gasteiger partial charge >= 0.3 is 0 Å². The van der Waals surface area contributed by atoms with Gasteiger partial charge in [0.15, 0.2) is 11.5 Å². The maximum atomic E-state index is 11.4. The van der Waals surface area contributed by atoms with Crippen LogP contribution in [0.25, 0.3) is 0 Å². The Morgan fingerprint density at radius 2 is 2.46 bits per heavy atom. The molecule has 3 nitrogen and oxygen atoms in total. The summed E-state index contributed by atoms with van der Waals surface area (Å²) in [5.41, 5.74) is 0.885. The largest absolute Gasteiger partial charge is 0.458 e. The summed E-state index contributed by atoms with van der Waals surface area (Å²) >= 11 is 0. The lowest BCUT2D eigenvalue weighted by molar-refractivity contribution is 0.0928. The third-order valence-electron chi connectivity index (χ3n) is 2.52. The van der Waals surface area contributed by atoms with Gasteiger partial charge in [-0.2, -0.15) is 0 Å². The highest BCUT2D eigenvalue weighted by atomic mass is 16.3. The van der Waals surface area contributed by atoms with E-state index < -0.39 is 0 Å². The van der Waals surface area contributed by atoms with Gasteiger partial charge in [0.25, 0.3) is 0 Å². The summed E-state index contributed by atoms with van der Waals surface area (Å²) in [7, 11) is 0. The van der Waals surface area contributed by atoms with Crippen molar-refractivity contribution in [1.82, 2.24) is 0 Å². The second kappa shape index (κ2) is 3.00. The molecule has 1 aromatic heterocycles. The van der Waals surface area contributed by atoms with Crippen molar-refractivity contribution in [1.29, 1.82) is 0 Å². The molecule has 1 aliphatic rings. The second-order valence-electron chi connectivity index (χ2n) is 3.48. The normalized spacial score (nSPS) is 21.7. The van der Waals surface area contributed by atoms with Gasteiger partial charge in [0.05, 0.1) is 6.61 Å². The Hall–Kier alpha value is -1.09. The minimum Gasteiger partial charge on any atom is -0.458 e. The molecule has 0 amide bonds. The molecule has 1 aromatic rings. The number of furan rings is 1. The number of aliphatic hydroxyl groups is 1. The topological polar surface area (TPSA) is 50.4 Å². The Morgan fingerprint density at radius 3 is 3.15 bits per heavy atom. The van der Waals surface area contributed by atoms with Crippen molar-refractivity contribution in [2.24, 2.45) is 0 Å². The van der Waals surface area contributed by atoms with E-state index >= 15 is 0 Å². The highest BCUT2D eigenvalue weighted by molar-refractivity contribution is 5.96. The summed E-state index contributed by atoms with van der Waals surface area (Å²) < 4.78 is 5.29. The fourth-order valence-corrected chi connectivity index (χ4v) is 1.82. The Kier molecular flexibility index (Phi) is 1.96. The molecule has 13 heavy (non-hydrogen) atoms. The van der Waals surface area contributed by atoms with Gasteiger partial charge < -0.3 is 9.52 Å². The van der Waals surface area contributed by atoms with E-state index in [9.17, 15) is 4.79 Å². The number of aryl methyl sites for hydroxylation is 1. The molecule has 0 fully saturated rings. The monoisotopic (exact) mass is 180 g/mol. The first-order valence-electron chi connectivity index (χ1n) is 4.46. The molecule has 0 spiro atoms. The van der Waals surface area contributed by atoms with Gasteiger partial charge in [0, 0.05) is 17.9 Å². The van der Waals surface area contributed by atoms with Crippen molar-refractivity contribution in [2.75, 3.05) is 6.61 Å². The lowest BCUT2D eigenvalue weighted by Gasteiger charge is -2.17. The summed E-state index contributed by atoms with van der Waals surface area (Å²) in [6.45, 7) is 1.92. The lowest BCUT2D eigenvalue weighted by Crippen LogP contribution is -2.15. The molecular formula is C10H12O3. The number of hydrogen-bond acceptors (Lipinski definition) is 3. The molecule has 2 rings (SSSR count). The molecule has 3 heteroatoms. The molecule has 1 heterocycles. The molecule has 0 aliphatic heterocycles. The predicted molar refractivity (Wildman–Crippen MR) is 46.8 cm³/mol. The van der Waals surface area contributed by atoms with Crippen LogP contribution in [0.5, 0.6) is 0 Å². The first-order chi connectivity index (χ1) is 6.22. The van der Waals surface area contributed by atoms with E-state index in [0.717, 1.165) is 17.7 Å². The number of Topliss-reactive ketones (excluding diaryl/α,β-unsaturated/α-hetero) is 1. The fraction of sp³-hybridized carbons (Fsp3) is 0.500. The van der Waals surface area contributed by atoms with Crippen molar-refractivity contribution < 1.29 is 14.3 Å². The standard InChI is InChI=1S/C10H12O3/c1-6-4-8-7(5-11)2-3-9(12)10(8)13-6/h4,7,11H,2-3,5H2,1H3/t7-/m0/s1. The van der Waals surface area contributed by atoms with Crippen LogP contribution in [0.15, 0.2) is 10.5 Å². The van der Waals surface area contributed by atoms with Crippen molar-refractivity contribution in [2.45, 2.75) is 25.7 Å². The molecule has 0 saturated carbocycles. The van der Waals surface area contributed by atoms with Crippen LogP contribution in [0, 0.1) is 6.92 Å². The highest BCUT2D eigenvalue weighted by Crippen LogP contribution is 2.33. The quantitative estimate of drug-likeness (QED) is 0.714. The summed E-state index contributed by atoms with van der Waals surface area (Å²) in [5.74, 6) is 1.36. The molecule has 1 N–H and O–H groups in total. The first-order valence-corrected chi connectivity index (χ1v) is 4.46. The summed E-state index contributed by atoms with van der Waals surface area (Å²) in [6, 6.07) is 1.85. The van der Waals surface area contributed by atoms with E-state index in [1.54, 1.807) is 0 Å². The van der Waals surface area contributed by atoms with Gasteiger partial charge in [0.2, 0.25) is 0 Å². The van der Waals surface area contributed by atoms with Crippen LogP contribution in [0.1, 0.15) is 40.6 Å². The molecule has 0 bridgehead atoms. The number of fused-ring (bicyclic) bond motifs is 1. The number of carbonyl (C=O) groups excluding carboxylic acids is 1. The SMILES string of the molecule is Cc1cc2c(o1)C(=O)CC[C@H]2CO. The van der Waals surface area contributed by atoms with Crippen LogP contribution in [-0.4, -0.2) is 17.5 Å². The number of hydrogen-bond donors (Lipinski definition) is 1. The average Bonchev–Trinajstić information content (AvgIpc) is 2.48. The minimum absolute atomic E-state index is 0.0628. The number of aliphatic hydroxyl groups excluding tert-OH is 1. The maximum Gasteiger partial charge on any atom is 0.198 e. The zero-order valence-corrected chi connectivity index (χ0v) is 7.54. The lowest BCUT2D eigenvalue weighted by atomic mass is 9.87. The minimum atomic E-state index is 0.0628. The van der Waals surface area contributed by atoms with Crippen LogP contribution in [-0.2, 0) is 0 Å². The molecule has 0 unspecified atom stereocenters. The Bertz CT molecular complexity index is 338. The Labute approximate surface area is 76.4 Å². The maximum absolute atomic E-state index is 11.4. The zero-order valence-electron chi connectivity index (χ0n) is 7.54. The molecule has 0 aromatic carbocycles. The van der Waals surface area contributed by atoms with Crippen LogP contribution < -0.4 is 0 Å². The van der Waals surface area contributed by atoms with E-state index in [1.165, 1.54) is 0 Å². The van der Waals surface area contributed by atoms with E-state index in [2.05, 4.69) is 0 Å². The van der Waals surface area contributed by atoms with Crippen molar-refractivity contribution in [3.8, 4) is 0 Å². The van der Waals surface area contributed by atoms with Gasteiger partial charge in [-0.25, -0.2) is 0 Å². The van der Waals surface area contributed by atoms with Gasteiger partial charge in [-0.15, -0.1) is 0 Å². The van der Waals surface area contributed by atoms with E-state index in [1.807, 2.05) is 13.0 Å². The summed E-state index contributed by atoms with van der Waals surface area (Å²) in [6.07, 6.45) is 1.23. The fourth-order valence-electron chi connectivity index (χ4n) is 1.82. The third-order valence-corrected chi connectivity index (χ3v) is 2.52. The van der Waals surface area contributed by atoms with E-state index in [4.69, 9.17) is 9.52 Å². The Morgan fingerprint density at radius 1 is 1.69 bits per heavy atom. The first kappa shape index (κ1) is 8.51. The third kappa shape index (κ3) is 1.29. The molecule has 70 valence electrons. The molecular weight excluding hydrogens is 168 g/mol. The van der Waals surface area contributed by atoms with Gasteiger partial charge in [0.1, 0.15) is 5.76 Å². The summed E-state index contributed by atoms with van der Waals surface area (Å²) in [4.78, 5) is 11.4. The number of carbonyl (C=O) groups is 1. The molecule has 0 saturated heterocycles. The predicted octanol–water partition coefficient (Wildman–Crippen LogP) is 1.64. The van der Waals surface area contributed by atoms with Crippen molar-refractivity contribution >= 4 is 5.78 Å². The van der Waals surface area contributed by atoms with Crippen LogP contribution in [0.4, 0.5) is 0 Å². The molecule has 1 atom stereocenters.